The van der Waals surface area contributed by atoms with Gasteiger partial charge in [0.05, 0.1) is 12.3 Å². The second-order valence-electron chi connectivity index (χ2n) is 8.14. The summed E-state index contributed by atoms with van der Waals surface area (Å²) in [7, 11) is 0. The van der Waals surface area contributed by atoms with E-state index >= 15 is 0 Å². The normalized spacial score (nSPS) is 14.3. The molecule has 1 aromatic heterocycles. The van der Waals surface area contributed by atoms with Crippen LogP contribution in [-0.2, 0) is 9.59 Å². The van der Waals surface area contributed by atoms with Crippen molar-refractivity contribution in [1.82, 2.24) is 20.0 Å². The zero-order chi connectivity index (χ0) is 24.1. The average molecular weight is 484 g/mol. The second kappa shape index (κ2) is 10.8. The molecule has 1 fully saturated rings. The van der Waals surface area contributed by atoms with Crippen molar-refractivity contribution < 1.29 is 18.4 Å². The molecule has 1 N–H and O–H groups in total. The molecule has 1 aliphatic heterocycles. The first-order valence-electron chi connectivity index (χ1n) is 11.0. The molecular weight excluding hydrogens is 457 g/mol. The van der Waals surface area contributed by atoms with Gasteiger partial charge in [-0.25, -0.2) is 4.39 Å². The van der Waals surface area contributed by atoms with Crippen LogP contribution in [-0.4, -0.2) is 70.3 Å². The lowest BCUT2D eigenvalue weighted by atomic mass is 10.1. The van der Waals surface area contributed by atoms with Gasteiger partial charge in [-0.2, -0.15) is 0 Å². The molecule has 0 aliphatic carbocycles. The van der Waals surface area contributed by atoms with Crippen molar-refractivity contribution in [3.8, 4) is 11.5 Å². The van der Waals surface area contributed by atoms with Crippen LogP contribution in [0.1, 0.15) is 11.1 Å². The quantitative estimate of drug-likeness (QED) is 0.515. The van der Waals surface area contributed by atoms with E-state index in [1.54, 1.807) is 17.0 Å². The smallest absolute Gasteiger partial charge is 0.277 e. The first-order chi connectivity index (χ1) is 16.4. The molecule has 0 radical (unpaired) electrons. The molecule has 0 bridgehead atoms. The van der Waals surface area contributed by atoms with Crippen molar-refractivity contribution in [2.45, 2.75) is 19.1 Å². The summed E-state index contributed by atoms with van der Waals surface area (Å²) in [6.07, 6.45) is 0. The molecule has 0 unspecified atom stereocenters. The van der Waals surface area contributed by atoms with Crippen LogP contribution in [0.15, 0.2) is 52.1 Å². The minimum Gasteiger partial charge on any atom is -0.411 e. The number of carbonyl (C=O) groups is 2. The highest BCUT2D eigenvalue weighted by atomic mass is 32.2. The number of piperazine rings is 1. The van der Waals surface area contributed by atoms with Gasteiger partial charge >= 0.3 is 0 Å². The molecular formula is C24H26FN5O3S. The monoisotopic (exact) mass is 483 g/mol. The van der Waals surface area contributed by atoms with Gasteiger partial charge in [0.1, 0.15) is 5.82 Å². The predicted octanol–water partition coefficient (Wildman–Crippen LogP) is 3.37. The van der Waals surface area contributed by atoms with Gasteiger partial charge in [-0.05, 0) is 49.2 Å². The maximum atomic E-state index is 13.1. The standard InChI is InChI=1S/C24H26FN5O3S/c1-16-4-3-5-17(2)22(16)26-20(31)14-29-10-12-30(13-11-29)21(32)15-34-24-28-27-23(33-24)18-6-8-19(25)9-7-18/h3-9H,10-15H2,1-2H3,(H,26,31). The highest BCUT2D eigenvalue weighted by Crippen LogP contribution is 2.24. The Labute approximate surface area is 201 Å². The zero-order valence-corrected chi connectivity index (χ0v) is 19.9. The molecule has 1 saturated heterocycles. The van der Waals surface area contributed by atoms with Crippen molar-refractivity contribution in [1.29, 1.82) is 0 Å². The summed E-state index contributed by atoms with van der Waals surface area (Å²) < 4.78 is 18.6. The number of amides is 2. The van der Waals surface area contributed by atoms with E-state index < -0.39 is 0 Å². The molecule has 4 rings (SSSR count). The number of carbonyl (C=O) groups excluding carboxylic acids is 2. The Morgan fingerprint density at radius 3 is 2.38 bits per heavy atom. The number of para-hydroxylation sites is 1. The van der Waals surface area contributed by atoms with Crippen LogP contribution in [0.25, 0.3) is 11.5 Å². The van der Waals surface area contributed by atoms with Gasteiger partial charge in [0, 0.05) is 37.4 Å². The highest BCUT2D eigenvalue weighted by molar-refractivity contribution is 7.99. The summed E-state index contributed by atoms with van der Waals surface area (Å²) in [6, 6.07) is 11.7. The molecule has 2 amide bonds. The predicted molar refractivity (Wildman–Crippen MR) is 128 cm³/mol. The van der Waals surface area contributed by atoms with Crippen LogP contribution in [0.5, 0.6) is 0 Å². The number of nitrogens with one attached hydrogen (secondary N) is 1. The van der Waals surface area contributed by atoms with Gasteiger partial charge in [-0.3, -0.25) is 14.5 Å². The molecule has 10 heteroatoms. The van der Waals surface area contributed by atoms with Gasteiger partial charge in [0.2, 0.25) is 17.7 Å². The molecule has 0 atom stereocenters. The lowest BCUT2D eigenvalue weighted by molar-refractivity contribution is -0.130. The second-order valence-corrected chi connectivity index (χ2v) is 9.07. The maximum Gasteiger partial charge on any atom is 0.277 e. The summed E-state index contributed by atoms with van der Waals surface area (Å²) >= 11 is 1.17. The van der Waals surface area contributed by atoms with Crippen LogP contribution >= 0.6 is 11.8 Å². The van der Waals surface area contributed by atoms with Gasteiger partial charge in [0.25, 0.3) is 5.22 Å². The lowest BCUT2D eigenvalue weighted by Gasteiger charge is -2.34. The van der Waals surface area contributed by atoms with Crippen molar-refractivity contribution in [2.75, 3.05) is 43.8 Å². The van der Waals surface area contributed by atoms with E-state index in [0.29, 0.717) is 38.3 Å². The number of benzene rings is 2. The minimum atomic E-state index is -0.342. The fraction of sp³-hybridized carbons (Fsp3) is 0.333. The summed E-state index contributed by atoms with van der Waals surface area (Å²) in [5, 5.41) is 11.2. The Morgan fingerprint density at radius 1 is 1.03 bits per heavy atom. The number of thioether (sulfide) groups is 1. The van der Waals surface area contributed by atoms with Crippen molar-refractivity contribution in [3.63, 3.8) is 0 Å². The highest BCUT2D eigenvalue weighted by Gasteiger charge is 2.23. The van der Waals surface area contributed by atoms with Crippen LogP contribution in [0.2, 0.25) is 0 Å². The molecule has 2 heterocycles. The Morgan fingerprint density at radius 2 is 1.71 bits per heavy atom. The van der Waals surface area contributed by atoms with Gasteiger partial charge in [-0.15, -0.1) is 10.2 Å². The fourth-order valence-electron chi connectivity index (χ4n) is 3.74. The summed E-state index contributed by atoms with van der Waals surface area (Å²) in [5.74, 6) is 0.0403. The van der Waals surface area contributed by atoms with Gasteiger partial charge in [-0.1, -0.05) is 30.0 Å². The Bertz CT molecular complexity index is 1140. The number of hydrogen-bond acceptors (Lipinski definition) is 7. The third kappa shape index (κ3) is 6.00. The maximum absolute atomic E-state index is 13.1. The largest absolute Gasteiger partial charge is 0.411 e. The number of nitrogens with zero attached hydrogens (tertiary/aromatic N) is 4. The molecule has 0 saturated carbocycles. The number of rotatable bonds is 7. The molecule has 34 heavy (non-hydrogen) atoms. The topological polar surface area (TPSA) is 91.6 Å². The number of aryl methyl sites for hydroxylation is 2. The zero-order valence-electron chi connectivity index (χ0n) is 19.1. The van der Waals surface area contributed by atoms with E-state index in [0.717, 1.165) is 16.8 Å². The van der Waals surface area contributed by atoms with E-state index in [1.807, 2.05) is 36.9 Å². The minimum absolute atomic E-state index is 0.0221. The molecule has 0 spiro atoms. The van der Waals surface area contributed by atoms with E-state index in [1.165, 1.54) is 23.9 Å². The van der Waals surface area contributed by atoms with Crippen LogP contribution < -0.4 is 5.32 Å². The molecule has 3 aromatic rings. The summed E-state index contributed by atoms with van der Waals surface area (Å²) in [6.45, 7) is 6.61. The summed E-state index contributed by atoms with van der Waals surface area (Å²) in [5.41, 5.74) is 3.55. The van der Waals surface area contributed by atoms with E-state index in [9.17, 15) is 14.0 Å². The van der Waals surface area contributed by atoms with Crippen molar-refractivity contribution in [2.24, 2.45) is 0 Å². The fourth-order valence-corrected chi connectivity index (χ4v) is 4.41. The molecule has 8 nitrogen and oxygen atoms in total. The number of aromatic nitrogens is 2. The summed E-state index contributed by atoms with van der Waals surface area (Å²) in [4.78, 5) is 28.9. The van der Waals surface area contributed by atoms with E-state index in [-0.39, 0.29) is 34.5 Å². The average Bonchev–Trinajstić information content (AvgIpc) is 3.30. The lowest BCUT2D eigenvalue weighted by Crippen LogP contribution is -2.50. The number of anilines is 1. The first kappa shape index (κ1) is 23.9. The van der Waals surface area contributed by atoms with E-state index in [2.05, 4.69) is 15.5 Å². The third-order valence-electron chi connectivity index (χ3n) is 5.65. The first-order valence-corrected chi connectivity index (χ1v) is 12.0. The molecule has 178 valence electrons. The van der Waals surface area contributed by atoms with Crippen LogP contribution in [0, 0.1) is 19.7 Å². The third-order valence-corrected chi connectivity index (χ3v) is 6.46. The number of hydrogen-bond donors (Lipinski definition) is 1. The Balaban J connectivity index is 1.21. The van der Waals surface area contributed by atoms with Crippen molar-refractivity contribution >= 4 is 29.3 Å². The van der Waals surface area contributed by atoms with Crippen LogP contribution in [0.3, 0.4) is 0 Å². The molecule has 2 aromatic carbocycles. The Kier molecular flexibility index (Phi) is 7.59. The van der Waals surface area contributed by atoms with Gasteiger partial charge in [0.15, 0.2) is 0 Å². The van der Waals surface area contributed by atoms with Crippen LogP contribution in [0.4, 0.5) is 10.1 Å². The number of halogens is 1. The Hall–Kier alpha value is -3.24. The molecule has 1 aliphatic rings. The SMILES string of the molecule is Cc1cccc(C)c1NC(=O)CN1CCN(C(=O)CSc2nnc(-c3ccc(F)cc3)o2)CC1. The van der Waals surface area contributed by atoms with Gasteiger partial charge < -0.3 is 14.6 Å². The van der Waals surface area contributed by atoms with Crippen molar-refractivity contribution in [3.05, 3.63) is 59.4 Å². The van der Waals surface area contributed by atoms with E-state index in [4.69, 9.17) is 4.42 Å².